The van der Waals surface area contributed by atoms with Gasteiger partial charge in [-0.3, -0.25) is 4.79 Å². The summed E-state index contributed by atoms with van der Waals surface area (Å²) < 4.78 is 0.959. The molecular formula is C18H12N2O2S. The highest BCUT2D eigenvalue weighted by molar-refractivity contribution is 7.16. The molecule has 0 spiro atoms. The summed E-state index contributed by atoms with van der Waals surface area (Å²) in [5.41, 5.74) is 3.56. The van der Waals surface area contributed by atoms with Crippen LogP contribution in [0.5, 0.6) is 5.75 Å². The minimum atomic E-state index is -0.258. The fraction of sp³-hybridized carbons (Fsp3) is 0. The van der Waals surface area contributed by atoms with E-state index in [4.69, 9.17) is 0 Å². The molecule has 0 atom stereocenters. The molecule has 0 aliphatic carbocycles. The number of anilines is 1. The summed E-state index contributed by atoms with van der Waals surface area (Å²) in [5, 5.41) is 14.8. The highest BCUT2D eigenvalue weighted by Crippen LogP contribution is 2.30. The van der Waals surface area contributed by atoms with Crippen molar-refractivity contribution >= 4 is 43.9 Å². The van der Waals surface area contributed by atoms with Crippen LogP contribution >= 0.6 is 11.3 Å². The number of aromatic nitrogens is 1. The molecule has 0 saturated carbocycles. The molecule has 0 unspecified atom stereocenters. The molecule has 1 amide bonds. The lowest BCUT2D eigenvalue weighted by atomic mass is 10.1. The van der Waals surface area contributed by atoms with Crippen molar-refractivity contribution in [2.45, 2.75) is 0 Å². The summed E-state index contributed by atoms with van der Waals surface area (Å²) in [7, 11) is 0. The minimum absolute atomic E-state index is 0.0518. The molecule has 112 valence electrons. The summed E-state index contributed by atoms with van der Waals surface area (Å²) in [4.78, 5) is 16.6. The number of thiazole rings is 1. The Morgan fingerprint density at radius 2 is 1.83 bits per heavy atom. The number of benzene rings is 3. The van der Waals surface area contributed by atoms with Crippen molar-refractivity contribution in [3.8, 4) is 5.75 Å². The Kier molecular flexibility index (Phi) is 3.20. The lowest BCUT2D eigenvalue weighted by Crippen LogP contribution is -2.11. The number of aromatic hydroxyl groups is 1. The van der Waals surface area contributed by atoms with Crippen molar-refractivity contribution in [1.82, 2.24) is 4.98 Å². The molecule has 4 rings (SSSR count). The first-order valence-electron chi connectivity index (χ1n) is 7.07. The Morgan fingerprint density at radius 1 is 1.04 bits per heavy atom. The smallest absolute Gasteiger partial charge is 0.255 e. The maximum absolute atomic E-state index is 12.4. The number of hydrogen-bond acceptors (Lipinski definition) is 4. The molecule has 4 aromatic rings. The van der Waals surface area contributed by atoms with Gasteiger partial charge >= 0.3 is 0 Å². The second-order valence-electron chi connectivity index (χ2n) is 5.21. The van der Waals surface area contributed by atoms with Gasteiger partial charge in [-0.2, -0.15) is 0 Å². The summed E-state index contributed by atoms with van der Waals surface area (Å²) in [6.45, 7) is 0. The average molecular weight is 320 g/mol. The molecule has 23 heavy (non-hydrogen) atoms. The first-order valence-corrected chi connectivity index (χ1v) is 7.95. The third kappa shape index (κ3) is 2.51. The van der Waals surface area contributed by atoms with E-state index in [1.807, 2.05) is 30.3 Å². The number of carbonyl (C=O) groups is 1. The minimum Gasteiger partial charge on any atom is -0.506 e. The van der Waals surface area contributed by atoms with Crippen LogP contribution in [0, 0.1) is 0 Å². The van der Waals surface area contributed by atoms with Gasteiger partial charge in [0.2, 0.25) is 0 Å². The van der Waals surface area contributed by atoms with Gasteiger partial charge in [0.1, 0.15) is 5.75 Å². The topological polar surface area (TPSA) is 62.2 Å². The van der Waals surface area contributed by atoms with Crippen LogP contribution in [0.4, 0.5) is 5.69 Å². The molecule has 2 N–H and O–H groups in total. The number of hydrogen-bond donors (Lipinski definition) is 2. The second kappa shape index (κ2) is 5.37. The molecule has 0 fully saturated rings. The van der Waals surface area contributed by atoms with E-state index in [-0.39, 0.29) is 11.7 Å². The fourth-order valence-electron chi connectivity index (χ4n) is 2.52. The molecule has 0 aliphatic rings. The molecule has 0 saturated heterocycles. The molecule has 1 aromatic heterocycles. The highest BCUT2D eigenvalue weighted by Gasteiger charge is 2.11. The first-order chi connectivity index (χ1) is 11.2. The molecule has 0 aliphatic heterocycles. The SMILES string of the molecule is O=C(Nc1cc2ccccc2cc1O)c1ccc2ncsc2c1. The summed E-state index contributed by atoms with van der Waals surface area (Å²) in [6.07, 6.45) is 0. The molecule has 5 heteroatoms. The van der Waals surface area contributed by atoms with Gasteiger partial charge in [-0.05, 0) is 41.1 Å². The number of rotatable bonds is 2. The second-order valence-corrected chi connectivity index (χ2v) is 6.09. The summed E-state index contributed by atoms with van der Waals surface area (Å²) in [5.74, 6) is -0.207. The number of nitrogens with zero attached hydrogens (tertiary/aromatic N) is 1. The van der Waals surface area contributed by atoms with Crippen molar-refractivity contribution < 1.29 is 9.90 Å². The van der Waals surface area contributed by atoms with Crippen LogP contribution in [0.3, 0.4) is 0 Å². The third-order valence-electron chi connectivity index (χ3n) is 3.71. The van der Waals surface area contributed by atoms with Gasteiger partial charge < -0.3 is 10.4 Å². The lowest BCUT2D eigenvalue weighted by molar-refractivity contribution is 0.102. The zero-order valence-corrected chi connectivity index (χ0v) is 12.8. The normalized spacial score (nSPS) is 11.0. The van der Waals surface area contributed by atoms with Crippen LogP contribution in [0.25, 0.3) is 21.0 Å². The third-order valence-corrected chi connectivity index (χ3v) is 4.50. The summed E-state index contributed by atoms with van der Waals surface area (Å²) >= 11 is 1.49. The van der Waals surface area contributed by atoms with Gasteiger partial charge in [0.25, 0.3) is 5.91 Å². The van der Waals surface area contributed by atoms with E-state index < -0.39 is 0 Å². The average Bonchev–Trinajstić information content (AvgIpc) is 3.03. The molecule has 0 radical (unpaired) electrons. The van der Waals surface area contributed by atoms with E-state index in [0.717, 1.165) is 21.0 Å². The molecule has 3 aromatic carbocycles. The van der Waals surface area contributed by atoms with Gasteiger partial charge in [-0.25, -0.2) is 4.98 Å². The Balaban J connectivity index is 1.68. The molecule has 0 bridgehead atoms. The van der Waals surface area contributed by atoms with Gasteiger partial charge in [-0.15, -0.1) is 11.3 Å². The van der Waals surface area contributed by atoms with E-state index in [9.17, 15) is 9.90 Å². The zero-order valence-electron chi connectivity index (χ0n) is 12.0. The van der Waals surface area contributed by atoms with Crippen molar-refractivity contribution in [2.24, 2.45) is 0 Å². The Labute approximate surface area is 136 Å². The zero-order chi connectivity index (χ0) is 15.8. The monoisotopic (exact) mass is 320 g/mol. The van der Waals surface area contributed by atoms with Crippen molar-refractivity contribution in [2.75, 3.05) is 5.32 Å². The van der Waals surface area contributed by atoms with E-state index in [2.05, 4.69) is 10.3 Å². The fourth-order valence-corrected chi connectivity index (χ4v) is 3.24. The lowest BCUT2D eigenvalue weighted by Gasteiger charge is -2.09. The van der Waals surface area contributed by atoms with Crippen LogP contribution in [0.1, 0.15) is 10.4 Å². The van der Waals surface area contributed by atoms with Crippen LogP contribution in [0.15, 0.2) is 60.1 Å². The van der Waals surface area contributed by atoms with E-state index in [0.29, 0.717) is 11.3 Å². The number of amides is 1. The van der Waals surface area contributed by atoms with Crippen molar-refractivity contribution in [1.29, 1.82) is 0 Å². The van der Waals surface area contributed by atoms with E-state index >= 15 is 0 Å². The molecule has 1 heterocycles. The van der Waals surface area contributed by atoms with E-state index in [1.54, 1.807) is 29.8 Å². The number of phenols is 1. The van der Waals surface area contributed by atoms with Gasteiger partial charge in [0.05, 0.1) is 21.4 Å². The van der Waals surface area contributed by atoms with Crippen LogP contribution in [-0.2, 0) is 0 Å². The standard InChI is InChI=1S/C18H12N2O2S/c21-16-8-12-4-2-1-3-11(12)7-15(16)20-18(22)13-5-6-14-17(9-13)23-10-19-14/h1-10,21H,(H,20,22). The largest absolute Gasteiger partial charge is 0.506 e. The number of phenolic OH excluding ortho intramolecular Hbond substituents is 1. The quantitative estimate of drug-likeness (QED) is 0.538. The number of nitrogens with one attached hydrogen (secondary N) is 1. The van der Waals surface area contributed by atoms with Crippen LogP contribution in [-0.4, -0.2) is 16.0 Å². The van der Waals surface area contributed by atoms with Crippen LogP contribution in [0.2, 0.25) is 0 Å². The Morgan fingerprint density at radius 3 is 2.65 bits per heavy atom. The van der Waals surface area contributed by atoms with Crippen molar-refractivity contribution in [3.05, 3.63) is 65.7 Å². The Hall–Kier alpha value is -2.92. The van der Waals surface area contributed by atoms with E-state index in [1.165, 1.54) is 11.3 Å². The van der Waals surface area contributed by atoms with Crippen LogP contribution < -0.4 is 5.32 Å². The van der Waals surface area contributed by atoms with Gasteiger partial charge in [-0.1, -0.05) is 24.3 Å². The predicted molar refractivity (Wildman–Crippen MR) is 93.2 cm³/mol. The van der Waals surface area contributed by atoms with Gasteiger partial charge in [0.15, 0.2) is 0 Å². The highest BCUT2D eigenvalue weighted by atomic mass is 32.1. The van der Waals surface area contributed by atoms with Crippen molar-refractivity contribution in [3.63, 3.8) is 0 Å². The summed E-state index contributed by atoms with van der Waals surface area (Å²) in [6, 6.07) is 16.5. The number of carbonyl (C=O) groups excluding carboxylic acids is 1. The van der Waals surface area contributed by atoms with Gasteiger partial charge in [0, 0.05) is 5.56 Å². The Bertz CT molecular complexity index is 1040. The molecular weight excluding hydrogens is 308 g/mol. The number of fused-ring (bicyclic) bond motifs is 2. The maximum Gasteiger partial charge on any atom is 0.255 e. The molecule has 4 nitrogen and oxygen atoms in total. The first kappa shape index (κ1) is 13.7. The predicted octanol–water partition coefficient (Wildman–Crippen LogP) is 4.41. The maximum atomic E-state index is 12.4.